The third-order valence-corrected chi connectivity index (χ3v) is 7.63. The molecule has 0 spiro atoms. The highest BCUT2D eigenvalue weighted by Gasteiger charge is 2.24. The lowest BCUT2D eigenvalue weighted by molar-refractivity contribution is 0.0999. The van der Waals surface area contributed by atoms with Crippen LogP contribution in [0.2, 0.25) is 24.2 Å². The number of primary amides is 1. The van der Waals surface area contributed by atoms with Crippen LogP contribution in [0, 0.1) is 0 Å². The Kier molecular flexibility index (Phi) is 4.86. The lowest BCUT2D eigenvalue weighted by atomic mass is 10.0. The molecule has 1 amide bonds. The van der Waals surface area contributed by atoms with E-state index < -0.39 is 14.0 Å². The van der Waals surface area contributed by atoms with Gasteiger partial charge in [0.15, 0.2) is 0 Å². The van der Waals surface area contributed by atoms with Gasteiger partial charge in [-0.05, 0) is 24.1 Å². The predicted molar refractivity (Wildman–Crippen MR) is 92.0 cm³/mol. The Bertz CT molecular complexity index is 640. The van der Waals surface area contributed by atoms with Gasteiger partial charge in [0, 0.05) is 0 Å². The van der Waals surface area contributed by atoms with Gasteiger partial charge in [-0.1, -0.05) is 72.3 Å². The molecule has 2 aromatic rings. The van der Waals surface area contributed by atoms with Gasteiger partial charge in [0.2, 0.25) is 5.91 Å². The van der Waals surface area contributed by atoms with Crippen LogP contribution in [0.3, 0.4) is 0 Å². The minimum atomic E-state index is -1.53. The van der Waals surface area contributed by atoms with Crippen molar-refractivity contribution in [1.29, 1.82) is 0 Å². The SMILES string of the molecule is C[Si](C)(CCc1cccc(Cl)c1C(N)=O)c1ccccc1. The molecule has 0 aliphatic rings. The van der Waals surface area contributed by atoms with E-state index in [-0.39, 0.29) is 0 Å². The van der Waals surface area contributed by atoms with Crippen molar-refractivity contribution in [2.24, 2.45) is 5.73 Å². The maximum atomic E-state index is 11.6. The topological polar surface area (TPSA) is 43.1 Å². The van der Waals surface area contributed by atoms with Crippen LogP contribution < -0.4 is 10.9 Å². The smallest absolute Gasteiger partial charge is 0.250 e. The Morgan fingerprint density at radius 3 is 2.38 bits per heavy atom. The summed E-state index contributed by atoms with van der Waals surface area (Å²) < 4.78 is 0. The zero-order valence-corrected chi connectivity index (χ0v) is 14.2. The van der Waals surface area contributed by atoms with E-state index in [0.29, 0.717) is 10.6 Å². The van der Waals surface area contributed by atoms with Crippen LogP contribution in [0.25, 0.3) is 0 Å². The third kappa shape index (κ3) is 3.74. The van der Waals surface area contributed by atoms with Gasteiger partial charge < -0.3 is 5.73 Å². The molecule has 2 N–H and O–H groups in total. The fourth-order valence-corrected chi connectivity index (χ4v) is 5.10. The fraction of sp³-hybridized carbons (Fsp3) is 0.235. The summed E-state index contributed by atoms with van der Waals surface area (Å²) in [5.41, 5.74) is 6.87. The summed E-state index contributed by atoms with van der Waals surface area (Å²) in [4.78, 5) is 11.6. The average molecular weight is 318 g/mol. The van der Waals surface area contributed by atoms with Crippen LogP contribution in [0.4, 0.5) is 0 Å². The van der Waals surface area contributed by atoms with Crippen molar-refractivity contribution in [1.82, 2.24) is 0 Å². The van der Waals surface area contributed by atoms with Gasteiger partial charge in [-0.2, -0.15) is 0 Å². The molecule has 0 aromatic heterocycles. The van der Waals surface area contributed by atoms with Gasteiger partial charge in [-0.25, -0.2) is 0 Å². The Hall–Kier alpha value is -1.58. The normalized spacial score (nSPS) is 11.4. The van der Waals surface area contributed by atoms with E-state index in [0.717, 1.165) is 18.0 Å². The summed E-state index contributed by atoms with van der Waals surface area (Å²) in [6.45, 7) is 4.69. The van der Waals surface area contributed by atoms with Crippen molar-refractivity contribution in [3.05, 3.63) is 64.7 Å². The number of carbonyl (C=O) groups is 1. The lowest BCUT2D eigenvalue weighted by Gasteiger charge is -2.23. The number of rotatable bonds is 5. The van der Waals surface area contributed by atoms with Crippen molar-refractivity contribution >= 4 is 30.8 Å². The van der Waals surface area contributed by atoms with Gasteiger partial charge in [0.25, 0.3) is 0 Å². The molecule has 0 saturated heterocycles. The molecule has 4 heteroatoms. The van der Waals surface area contributed by atoms with Gasteiger partial charge in [-0.15, -0.1) is 0 Å². The standard InChI is InChI=1S/C17H20ClNOSi/c1-21(2,14-8-4-3-5-9-14)12-11-13-7-6-10-15(18)16(13)17(19)20/h3-10H,11-12H2,1-2H3,(H2,19,20). The second-order valence-electron chi connectivity index (χ2n) is 5.89. The van der Waals surface area contributed by atoms with E-state index >= 15 is 0 Å². The molecule has 110 valence electrons. The van der Waals surface area contributed by atoms with Crippen LogP contribution >= 0.6 is 11.6 Å². The zero-order chi connectivity index (χ0) is 15.5. The molecule has 0 heterocycles. The number of nitrogens with two attached hydrogens (primary N) is 1. The average Bonchev–Trinajstić information content (AvgIpc) is 2.46. The Balaban J connectivity index is 2.21. The first-order chi connectivity index (χ1) is 9.92. The molecule has 0 fully saturated rings. The van der Waals surface area contributed by atoms with Crippen molar-refractivity contribution in [3.63, 3.8) is 0 Å². The molecular formula is C17H20ClNOSi. The number of halogens is 1. The van der Waals surface area contributed by atoms with E-state index in [1.54, 1.807) is 6.07 Å². The fourth-order valence-electron chi connectivity index (χ4n) is 2.53. The maximum Gasteiger partial charge on any atom is 0.250 e. The van der Waals surface area contributed by atoms with Crippen LogP contribution in [0.1, 0.15) is 15.9 Å². The van der Waals surface area contributed by atoms with E-state index in [1.165, 1.54) is 5.19 Å². The molecule has 0 atom stereocenters. The lowest BCUT2D eigenvalue weighted by Crippen LogP contribution is -2.41. The number of carbonyl (C=O) groups excluding carboxylic acids is 1. The van der Waals surface area contributed by atoms with Gasteiger partial charge >= 0.3 is 0 Å². The molecule has 0 unspecified atom stereocenters. The molecule has 0 saturated carbocycles. The van der Waals surface area contributed by atoms with Gasteiger partial charge in [-0.3, -0.25) is 4.79 Å². The highest BCUT2D eigenvalue weighted by molar-refractivity contribution is 6.89. The monoisotopic (exact) mass is 317 g/mol. The predicted octanol–water partition coefficient (Wildman–Crippen LogP) is 3.60. The number of hydrogen-bond acceptors (Lipinski definition) is 1. The minimum absolute atomic E-state index is 0.444. The summed E-state index contributed by atoms with van der Waals surface area (Å²) >= 11 is 6.10. The molecule has 0 aliphatic heterocycles. The van der Waals surface area contributed by atoms with Crippen molar-refractivity contribution in [2.75, 3.05) is 0 Å². The molecule has 2 aromatic carbocycles. The summed E-state index contributed by atoms with van der Waals surface area (Å²) in [5, 5.41) is 1.87. The maximum absolute atomic E-state index is 11.6. The van der Waals surface area contributed by atoms with Crippen molar-refractivity contribution in [3.8, 4) is 0 Å². The second kappa shape index (κ2) is 6.46. The highest BCUT2D eigenvalue weighted by Crippen LogP contribution is 2.23. The van der Waals surface area contributed by atoms with E-state index in [1.807, 2.05) is 18.2 Å². The summed E-state index contributed by atoms with van der Waals surface area (Å²) in [5.74, 6) is -0.449. The van der Waals surface area contributed by atoms with E-state index in [9.17, 15) is 4.79 Å². The molecule has 21 heavy (non-hydrogen) atoms. The Morgan fingerprint density at radius 2 is 1.76 bits per heavy atom. The number of amides is 1. The molecule has 2 rings (SSSR count). The molecule has 2 nitrogen and oxygen atoms in total. The van der Waals surface area contributed by atoms with Crippen LogP contribution in [-0.2, 0) is 6.42 Å². The minimum Gasteiger partial charge on any atom is -0.366 e. The van der Waals surface area contributed by atoms with E-state index in [2.05, 4.69) is 37.4 Å². The van der Waals surface area contributed by atoms with Crippen LogP contribution in [0.5, 0.6) is 0 Å². The Morgan fingerprint density at radius 1 is 1.10 bits per heavy atom. The number of hydrogen-bond donors (Lipinski definition) is 1. The Labute approximate surface area is 131 Å². The van der Waals surface area contributed by atoms with Gasteiger partial charge in [0.05, 0.1) is 18.7 Å². The molecule has 0 aliphatic carbocycles. The quantitative estimate of drug-likeness (QED) is 0.841. The molecule has 0 radical (unpaired) electrons. The number of benzene rings is 2. The van der Waals surface area contributed by atoms with Crippen molar-refractivity contribution < 1.29 is 4.79 Å². The zero-order valence-electron chi connectivity index (χ0n) is 12.4. The van der Waals surface area contributed by atoms with E-state index in [4.69, 9.17) is 17.3 Å². The largest absolute Gasteiger partial charge is 0.366 e. The second-order valence-corrected chi connectivity index (χ2v) is 11.1. The highest BCUT2D eigenvalue weighted by atomic mass is 35.5. The van der Waals surface area contributed by atoms with Gasteiger partial charge in [0.1, 0.15) is 0 Å². The first-order valence-corrected chi connectivity index (χ1v) is 10.6. The van der Waals surface area contributed by atoms with Crippen LogP contribution in [-0.4, -0.2) is 14.0 Å². The molecular weight excluding hydrogens is 298 g/mol. The van der Waals surface area contributed by atoms with Crippen LogP contribution in [0.15, 0.2) is 48.5 Å². The summed E-state index contributed by atoms with van der Waals surface area (Å²) in [6, 6.07) is 17.2. The summed E-state index contributed by atoms with van der Waals surface area (Å²) in [6.07, 6.45) is 0.826. The third-order valence-electron chi connectivity index (χ3n) is 3.92. The van der Waals surface area contributed by atoms with Crippen molar-refractivity contribution in [2.45, 2.75) is 25.6 Å². The first-order valence-electron chi connectivity index (χ1n) is 7.04. The number of aryl methyl sites for hydroxylation is 1. The first kappa shape index (κ1) is 15.8. The molecule has 0 bridgehead atoms. The summed E-state index contributed by atoms with van der Waals surface area (Å²) in [7, 11) is -1.53.